The lowest BCUT2D eigenvalue weighted by Gasteiger charge is -2.36. The number of amides is 1. The van der Waals surface area contributed by atoms with Crippen LogP contribution in [0.25, 0.3) is 0 Å². The van der Waals surface area contributed by atoms with Gasteiger partial charge in [-0.1, -0.05) is 11.6 Å². The quantitative estimate of drug-likeness (QED) is 0.648. The Morgan fingerprint density at radius 1 is 1.50 bits per heavy atom. The maximum atomic E-state index is 11.9. The number of carbonyl (C=O) groups is 1. The first kappa shape index (κ1) is 12.8. The average molecular weight is 270 g/mol. The normalized spacial score (nSPS) is 16.8. The van der Waals surface area contributed by atoms with Crippen LogP contribution in [-0.2, 0) is 4.79 Å². The highest BCUT2D eigenvalue weighted by molar-refractivity contribution is 6.34. The molecule has 1 aromatic carbocycles. The van der Waals surface area contributed by atoms with Gasteiger partial charge in [-0.2, -0.15) is 0 Å². The zero-order valence-corrected chi connectivity index (χ0v) is 10.2. The molecule has 1 aliphatic rings. The van der Waals surface area contributed by atoms with E-state index < -0.39 is 10.5 Å². The Bertz CT molecular complexity index is 514. The fourth-order valence-corrected chi connectivity index (χ4v) is 1.97. The molecule has 6 nitrogen and oxygen atoms in total. The van der Waals surface area contributed by atoms with Gasteiger partial charge in [0.2, 0.25) is 5.91 Å². The molecule has 18 heavy (non-hydrogen) atoms. The molecule has 0 spiro atoms. The summed E-state index contributed by atoms with van der Waals surface area (Å²) in [6.45, 7) is 0. The molecule has 96 valence electrons. The van der Waals surface area contributed by atoms with Gasteiger partial charge in [-0.05, 0) is 25.3 Å². The highest BCUT2D eigenvalue weighted by Gasteiger charge is 2.40. The van der Waals surface area contributed by atoms with Gasteiger partial charge in [0.15, 0.2) is 0 Å². The number of hydrogen-bond donors (Lipinski definition) is 2. The molecule has 0 aromatic heterocycles. The first-order valence-electron chi connectivity index (χ1n) is 5.47. The Labute approximate surface area is 108 Å². The molecule has 0 atom stereocenters. The minimum atomic E-state index is -0.828. The molecule has 1 aromatic rings. The van der Waals surface area contributed by atoms with Crippen LogP contribution in [0.4, 0.5) is 11.4 Å². The first-order chi connectivity index (χ1) is 8.42. The van der Waals surface area contributed by atoms with E-state index in [1.165, 1.54) is 18.2 Å². The summed E-state index contributed by atoms with van der Waals surface area (Å²) in [4.78, 5) is 21.9. The second kappa shape index (κ2) is 4.55. The van der Waals surface area contributed by atoms with Crippen molar-refractivity contribution in [3.05, 3.63) is 33.3 Å². The molecule has 0 heterocycles. The van der Waals surface area contributed by atoms with Gasteiger partial charge in [-0.25, -0.2) is 0 Å². The summed E-state index contributed by atoms with van der Waals surface area (Å²) in [5, 5.41) is 13.3. The number of nitrogens with zero attached hydrogens (tertiary/aromatic N) is 1. The van der Waals surface area contributed by atoms with Crippen LogP contribution in [0.3, 0.4) is 0 Å². The van der Waals surface area contributed by atoms with Crippen LogP contribution in [0.2, 0.25) is 5.02 Å². The summed E-state index contributed by atoms with van der Waals surface area (Å²) in [6, 6.07) is 3.88. The van der Waals surface area contributed by atoms with Crippen molar-refractivity contribution in [1.82, 2.24) is 0 Å². The van der Waals surface area contributed by atoms with Crippen molar-refractivity contribution in [2.24, 2.45) is 5.73 Å². The van der Waals surface area contributed by atoms with Crippen molar-refractivity contribution in [3.8, 4) is 0 Å². The number of halogens is 1. The summed E-state index contributed by atoms with van der Waals surface area (Å²) < 4.78 is 0. The second-order valence-corrected chi connectivity index (χ2v) is 4.79. The molecule has 1 saturated carbocycles. The number of nitro benzene ring substituents is 1. The monoisotopic (exact) mass is 269 g/mol. The zero-order chi connectivity index (χ0) is 13.3. The molecule has 0 bridgehead atoms. The van der Waals surface area contributed by atoms with E-state index in [1.807, 2.05) is 0 Å². The van der Waals surface area contributed by atoms with E-state index >= 15 is 0 Å². The van der Waals surface area contributed by atoms with Crippen LogP contribution < -0.4 is 11.1 Å². The highest BCUT2D eigenvalue weighted by atomic mass is 35.5. The molecule has 1 aliphatic carbocycles. The molecular weight excluding hydrogens is 258 g/mol. The zero-order valence-electron chi connectivity index (χ0n) is 9.48. The Kier molecular flexibility index (Phi) is 3.23. The minimum Gasteiger partial charge on any atom is -0.323 e. The van der Waals surface area contributed by atoms with Gasteiger partial charge >= 0.3 is 0 Å². The summed E-state index contributed by atoms with van der Waals surface area (Å²) in [5.41, 5.74) is 5.25. The van der Waals surface area contributed by atoms with E-state index in [1.54, 1.807) is 0 Å². The summed E-state index contributed by atoms with van der Waals surface area (Å²) in [7, 11) is 0. The van der Waals surface area contributed by atoms with E-state index in [-0.39, 0.29) is 16.6 Å². The molecule has 0 aliphatic heterocycles. The average Bonchev–Trinajstić information content (AvgIpc) is 2.28. The number of hydrogen-bond acceptors (Lipinski definition) is 4. The molecular formula is C11H12ClN3O3. The van der Waals surface area contributed by atoms with Crippen molar-refractivity contribution < 1.29 is 9.72 Å². The first-order valence-corrected chi connectivity index (χ1v) is 5.84. The topological polar surface area (TPSA) is 98.3 Å². The number of carbonyl (C=O) groups excluding carboxylic acids is 1. The van der Waals surface area contributed by atoms with Crippen molar-refractivity contribution in [2.45, 2.75) is 24.8 Å². The number of nitrogens with one attached hydrogen (secondary N) is 1. The third-order valence-electron chi connectivity index (χ3n) is 3.11. The van der Waals surface area contributed by atoms with Crippen molar-refractivity contribution in [2.75, 3.05) is 5.32 Å². The van der Waals surface area contributed by atoms with Crippen LogP contribution in [0.15, 0.2) is 18.2 Å². The number of nitro groups is 1. The van der Waals surface area contributed by atoms with Gasteiger partial charge in [0, 0.05) is 12.1 Å². The van der Waals surface area contributed by atoms with Crippen molar-refractivity contribution in [3.63, 3.8) is 0 Å². The van der Waals surface area contributed by atoms with Gasteiger partial charge in [-0.3, -0.25) is 14.9 Å². The summed E-state index contributed by atoms with van der Waals surface area (Å²) in [5.74, 6) is -0.301. The predicted octanol–water partition coefficient (Wildman–Crippen LogP) is 2.07. The Hall–Kier alpha value is -1.66. The number of benzene rings is 1. The molecule has 2 rings (SSSR count). The number of nitrogens with two attached hydrogens (primary N) is 1. The van der Waals surface area contributed by atoms with Gasteiger partial charge in [0.25, 0.3) is 5.69 Å². The molecule has 3 N–H and O–H groups in total. The smallest absolute Gasteiger partial charge is 0.271 e. The Morgan fingerprint density at radius 3 is 2.61 bits per heavy atom. The highest BCUT2D eigenvalue weighted by Crippen LogP contribution is 2.32. The van der Waals surface area contributed by atoms with Crippen molar-refractivity contribution in [1.29, 1.82) is 0 Å². The molecule has 1 amide bonds. The van der Waals surface area contributed by atoms with Gasteiger partial charge in [-0.15, -0.1) is 0 Å². The summed E-state index contributed by atoms with van der Waals surface area (Å²) >= 11 is 5.87. The fraction of sp³-hybridized carbons (Fsp3) is 0.364. The fourth-order valence-electron chi connectivity index (χ4n) is 1.75. The minimum absolute atomic E-state index is 0.121. The van der Waals surface area contributed by atoms with E-state index in [0.29, 0.717) is 18.5 Å². The summed E-state index contributed by atoms with van der Waals surface area (Å²) in [6.07, 6.45) is 2.21. The molecule has 0 saturated heterocycles. The number of non-ortho nitro benzene ring substituents is 1. The van der Waals surface area contributed by atoms with E-state index in [2.05, 4.69) is 5.32 Å². The predicted molar refractivity (Wildman–Crippen MR) is 67.5 cm³/mol. The lowest BCUT2D eigenvalue weighted by Crippen LogP contribution is -2.56. The largest absolute Gasteiger partial charge is 0.323 e. The second-order valence-electron chi connectivity index (χ2n) is 4.39. The third kappa shape index (κ3) is 2.30. The lowest BCUT2D eigenvalue weighted by atomic mass is 9.77. The number of rotatable bonds is 3. The van der Waals surface area contributed by atoms with Gasteiger partial charge in [0.1, 0.15) is 0 Å². The maximum absolute atomic E-state index is 11.9. The van der Waals surface area contributed by atoms with Crippen LogP contribution in [0, 0.1) is 10.1 Å². The SMILES string of the molecule is NC1(C(=O)Nc2ccc([N+](=O)[O-])cc2Cl)CCC1. The molecule has 0 unspecified atom stereocenters. The molecule has 0 radical (unpaired) electrons. The van der Waals surface area contributed by atoms with Crippen molar-refractivity contribution >= 4 is 28.9 Å². The van der Waals surface area contributed by atoms with Gasteiger partial charge in [0.05, 0.1) is 21.2 Å². The third-order valence-corrected chi connectivity index (χ3v) is 3.42. The van der Waals surface area contributed by atoms with E-state index in [9.17, 15) is 14.9 Å². The number of anilines is 1. The maximum Gasteiger partial charge on any atom is 0.271 e. The van der Waals surface area contributed by atoms with Crippen LogP contribution >= 0.6 is 11.6 Å². The Balaban J connectivity index is 2.15. The van der Waals surface area contributed by atoms with Gasteiger partial charge < -0.3 is 11.1 Å². The van der Waals surface area contributed by atoms with Crippen LogP contribution in [0.1, 0.15) is 19.3 Å². The van der Waals surface area contributed by atoms with Crippen LogP contribution in [-0.4, -0.2) is 16.4 Å². The molecule has 7 heteroatoms. The van der Waals surface area contributed by atoms with E-state index in [4.69, 9.17) is 17.3 Å². The lowest BCUT2D eigenvalue weighted by molar-refractivity contribution is -0.384. The van der Waals surface area contributed by atoms with E-state index in [0.717, 1.165) is 6.42 Å². The van der Waals surface area contributed by atoms with Crippen LogP contribution in [0.5, 0.6) is 0 Å². The molecule has 1 fully saturated rings. The Morgan fingerprint density at radius 2 is 2.17 bits per heavy atom. The standard InChI is InChI=1S/C11H12ClN3O3/c12-8-6-7(15(17)18)2-3-9(8)14-10(16)11(13)4-1-5-11/h2-3,6H,1,4-5,13H2,(H,14,16).